The molecule has 1 heterocycles. The van der Waals surface area contributed by atoms with Crippen molar-refractivity contribution in [3.8, 4) is 17.2 Å². The van der Waals surface area contributed by atoms with E-state index in [2.05, 4.69) is 6.58 Å². The third kappa shape index (κ3) is 5.23. The summed E-state index contributed by atoms with van der Waals surface area (Å²) in [5.74, 6) is 2.03. The molecular formula is C23H23NO4S2. The van der Waals surface area contributed by atoms with Crippen molar-refractivity contribution in [1.82, 2.24) is 4.90 Å². The van der Waals surface area contributed by atoms with E-state index in [9.17, 15) is 4.79 Å². The van der Waals surface area contributed by atoms with Crippen LogP contribution >= 0.6 is 24.0 Å². The number of hydrogen-bond donors (Lipinski definition) is 0. The zero-order valence-corrected chi connectivity index (χ0v) is 18.6. The van der Waals surface area contributed by atoms with Gasteiger partial charge in [-0.1, -0.05) is 54.8 Å². The van der Waals surface area contributed by atoms with E-state index in [1.54, 1.807) is 25.2 Å². The van der Waals surface area contributed by atoms with Crippen molar-refractivity contribution in [3.63, 3.8) is 0 Å². The molecule has 7 heteroatoms. The predicted molar refractivity (Wildman–Crippen MR) is 125 cm³/mol. The lowest BCUT2D eigenvalue weighted by molar-refractivity contribution is -0.122. The van der Waals surface area contributed by atoms with Gasteiger partial charge in [0.05, 0.1) is 19.1 Å². The van der Waals surface area contributed by atoms with E-state index in [0.717, 1.165) is 16.9 Å². The van der Waals surface area contributed by atoms with Gasteiger partial charge in [-0.25, -0.2) is 0 Å². The van der Waals surface area contributed by atoms with Crippen LogP contribution in [0, 0.1) is 0 Å². The van der Waals surface area contributed by atoms with Crippen molar-refractivity contribution < 1.29 is 19.0 Å². The molecule has 2 aromatic rings. The van der Waals surface area contributed by atoms with Crippen LogP contribution in [0.15, 0.2) is 60.0 Å². The minimum absolute atomic E-state index is 0.0718. The van der Waals surface area contributed by atoms with E-state index in [-0.39, 0.29) is 5.91 Å². The molecule has 1 aliphatic rings. The smallest absolute Gasteiger partial charge is 0.266 e. The quantitative estimate of drug-likeness (QED) is 0.319. The number of carbonyl (C=O) groups excluding carboxylic acids is 1. The summed E-state index contributed by atoms with van der Waals surface area (Å²) in [4.78, 5) is 15.1. The van der Waals surface area contributed by atoms with Gasteiger partial charge in [0.1, 0.15) is 16.7 Å². The molecule has 0 aliphatic carbocycles. The van der Waals surface area contributed by atoms with Gasteiger partial charge in [0.15, 0.2) is 11.5 Å². The largest absolute Gasteiger partial charge is 0.493 e. The van der Waals surface area contributed by atoms with E-state index in [4.69, 9.17) is 26.4 Å². The van der Waals surface area contributed by atoms with Gasteiger partial charge < -0.3 is 14.2 Å². The van der Waals surface area contributed by atoms with Crippen LogP contribution in [0.25, 0.3) is 6.08 Å². The van der Waals surface area contributed by atoms with Gasteiger partial charge in [0, 0.05) is 6.54 Å². The van der Waals surface area contributed by atoms with E-state index >= 15 is 0 Å². The highest BCUT2D eigenvalue weighted by atomic mass is 32.2. The second-order valence-electron chi connectivity index (χ2n) is 6.44. The van der Waals surface area contributed by atoms with Gasteiger partial charge in [-0.15, -0.1) is 0 Å². The van der Waals surface area contributed by atoms with Crippen LogP contribution in [0.4, 0.5) is 0 Å². The highest BCUT2D eigenvalue weighted by molar-refractivity contribution is 8.26. The fourth-order valence-corrected chi connectivity index (χ4v) is 4.25. The Balaban J connectivity index is 1.66. The zero-order chi connectivity index (χ0) is 21.5. The number of benzene rings is 2. The molecule has 0 unspecified atom stereocenters. The molecule has 1 aliphatic heterocycles. The highest BCUT2D eigenvalue weighted by Gasteiger charge is 2.31. The Kier molecular flexibility index (Phi) is 7.54. The summed E-state index contributed by atoms with van der Waals surface area (Å²) in [5.41, 5.74) is 1.96. The molecule has 0 saturated carbocycles. The molecule has 0 atom stereocenters. The number of rotatable bonds is 9. The van der Waals surface area contributed by atoms with Gasteiger partial charge in [0.2, 0.25) is 0 Å². The maximum atomic E-state index is 12.8. The number of methoxy groups -OCH3 is 2. The first-order valence-electron chi connectivity index (χ1n) is 9.35. The molecule has 2 aromatic carbocycles. The van der Waals surface area contributed by atoms with Crippen LogP contribution in [-0.2, 0) is 11.2 Å². The van der Waals surface area contributed by atoms with Crippen molar-refractivity contribution in [2.75, 3.05) is 27.4 Å². The molecule has 0 bridgehead atoms. The summed E-state index contributed by atoms with van der Waals surface area (Å²) in [6.45, 7) is 4.59. The summed E-state index contributed by atoms with van der Waals surface area (Å²) in [6.07, 6.45) is 4.21. The normalized spacial score (nSPS) is 14.9. The molecule has 0 radical (unpaired) electrons. The van der Waals surface area contributed by atoms with Crippen molar-refractivity contribution in [1.29, 1.82) is 0 Å². The lowest BCUT2D eigenvalue weighted by atomic mass is 10.1. The Morgan fingerprint density at radius 3 is 2.50 bits per heavy atom. The van der Waals surface area contributed by atoms with Crippen molar-refractivity contribution in [2.45, 2.75) is 6.42 Å². The number of carbonyl (C=O) groups is 1. The first-order valence-corrected chi connectivity index (χ1v) is 10.6. The number of nitrogens with zero attached hydrogens (tertiary/aromatic N) is 1. The molecule has 1 saturated heterocycles. The fourth-order valence-electron chi connectivity index (χ4n) is 2.94. The molecular weight excluding hydrogens is 418 g/mol. The standard InChI is InChI=1S/C23H23NO4S2/c1-4-13-28-18-8-5-16(6-9-18)15-21-22(25)24(23(29)30-21)12-11-17-7-10-19(26-2)20(14-17)27-3/h4-10,14-15H,1,11-13H2,2-3H3/b21-15-. The van der Waals surface area contributed by atoms with Crippen molar-refractivity contribution >= 4 is 40.3 Å². The van der Waals surface area contributed by atoms with Gasteiger partial charge >= 0.3 is 0 Å². The van der Waals surface area contributed by atoms with E-state index in [1.807, 2.05) is 48.5 Å². The van der Waals surface area contributed by atoms with Crippen LogP contribution in [0.1, 0.15) is 11.1 Å². The minimum atomic E-state index is -0.0718. The highest BCUT2D eigenvalue weighted by Crippen LogP contribution is 2.33. The molecule has 0 N–H and O–H groups in total. The Labute approximate surface area is 186 Å². The molecule has 0 aromatic heterocycles. The summed E-state index contributed by atoms with van der Waals surface area (Å²) < 4.78 is 16.7. The minimum Gasteiger partial charge on any atom is -0.493 e. The van der Waals surface area contributed by atoms with Crippen molar-refractivity contribution in [2.24, 2.45) is 0 Å². The second kappa shape index (κ2) is 10.3. The monoisotopic (exact) mass is 441 g/mol. The fraction of sp³-hybridized carbons (Fsp3) is 0.217. The third-order valence-corrected chi connectivity index (χ3v) is 5.87. The summed E-state index contributed by atoms with van der Waals surface area (Å²) in [7, 11) is 3.21. The lowest BCUT2D eigenvalue weighted by Gasteiger charge is -2.15. The first-order chi connectivity index (χ1) is 14.5. The Morgan fingerprint density at radius 2 is 1.83 bits per heavy atom. The summed E-state index contributed by atoms with van der Waals surface area (Å²) in [5, 5.41) is 0. The average Bonchev–Trinajstić information content (AvgIpc) is 3.03. The Morgan fingerprint density at radius 1 is 1.10 bits per heavy atom. The van der Waals surface area contributed by atoms with Crippen LogP contribution in [0.5, 0.6) is 17.2 Å². The number of thiocarbonyl (C=S) groups is 1. The lowest BCUT2D eigenvalue weighted by Crippen LogP contribution is -2.30. The maximum absolute atomic E-state index is 12.8. The van der Waals surface area contributed by atoms with E-state index in [0.29, 0.717) is 40.3 Å². The number of amides is 1. The zero-order valence-electron chi connectivity index (χ0n) is 16.9. The van der Waals surface area contributed by atoms with E-state index in [1.165, 1.54) is 11.8 Å². The number of ether oxygens (including phenoxy) is 3. The molecule has 156 valence electrons. The molecule has 0 spiro atoms. The Hall–Kier alpha value is -2.77. The Bertz CT molecular complexity index is 970. The van der Waals surface area contributed by atoms with Gasteiger partial charge in [0.25, 0.3) is 5.91 Å². The molecule has 5 nitrogen and oxygen atoms in total. The van der Waals surface area contributed by atoms with Gasteiger partial charge in [-0.2, -0.15) is 0 Å². The second-order valence-corrected chi connectivity index (χ2v) is 8.12. The first kappa shape index (κ1) is 21.9. The topological polar surface area (TPSA) is 48.0 Å². The third-order valence-electron chi connectivity index (χ3n) is 4.49. The van der Waals surface area contributed by atoms with Crippen molar-refractivity contribution in [3.05, 3.63) is 71.2 Å². The number of hydrogen-bond acceptors (Lipinski definition) is 6. The molecule has 1 amide bonds. The van der Waals surface area contributed by atoms with Gasteiger partial charge in [-0.3, -0.25) is 9.69 Å². The SMILES string of the molecule is C=CCOc1ccc(/C=C2\SC(=S)N(CCc3ccc(OC)c(OC)c3)C2=O)cc1. The molecule has 3 rings (SSSR count). The van der Waals surface area contributed by atoms with Crippen LogP contribution in [-0.4, -0.2) is 42.5 Å². The predicted octanol–water partition coefficient (Wildman–Crippen LogP) is 4.71. The van der Waals surface area contributed by atoms with Crippen LogP contribution in [0.2, 0.25) is 0 Å². The number of thioether (sulfide) groups is 1. The summed E-state index contributed by atoms with van der Waals surface area (Å²) >= 11 is 6.76. The maximum Gasteiger partial charge on any atom is 0.266 e. The molecule has 30 heavy (non-hydrogen) atoms. The average molecular weight is 442 g/mol. The van der Waals surface area contributed by atoms with Crippen LogP contribution < -0.4 is 14.2 Å². The molecule has 1 fully saturated rings. The van der Waals surface area contributed by atoms with E-state index < -0.39 is 0 Å². The van der Waals surface area contributed by atoms with Gasteiger partial charge in [-0.05, 0) is 47.9 Å². The summed E-state index contributed by atoms with van der Waals surface area (Å²) in [6, 6.07) is 13.3. The van der Waals surface area contributed by atoms with Crippen LogP contribution in [0.3, 0.4) is 0 Å².